The fourth-order valence-electron chi connectivity index (χ4n) is 2.63. The first-order valence-electron chi connectivity index (χ1n) is 5.44. The summed E-state index contributed by atoms with van der Waals surface area (Å²) >= 11 is 0. The largest absolute Gasteiger partial charge is 0.384 e. The van der Waals surface area contributed by atoms with E-state index in [-0.39, 0.29) is 5.41 Å². The molecule has 0 amide bonds. The highest BCUT2D eigenvalue weighted by molar-refractivity contribution is 5.16. The topological polar surface area (TPSA) is 18.5 Å². The van der Waals surface area contributed by atoms with E-state index in [0.717, 1.165) is 26.1 Å². The number of hydrogen-bond acceptors (Lipinski definition) is 2. The predicted molar refractivity (Wildman–Crippen MR) is 62.9 cm³/mol. The first kappa shape index (κ1) is 12.5. The van der Waals surface area contributed by atoms with Crippen LogP contribution in [0.15, 0.2) is 24.3 Å². The maximum atomic E-state index is 5.32. The molecule has 0 N–H and O–H groups in total. The lowest BCUT2D eigenvalue weighted by Gasteiger charge is -2.36. The number of methoxy groups -OCH3 is 2. The molecular weight excluding hydrogens is 188 g/mol. The van der Waals surface area contributed by atoms with Crippen molar-refractivity contribution < 1.29 is 9.47 Å². The highest BCUT2D eigenvalue weighted by Gasteiger charge is 2.33. The summed E-state index contributed by atoms with van der Waals surface area (Å²) in [6, 6.07) is 0. The SMILES string of the molecule is C=CC1CC(C)=CC(COC)(COC)C1. The smallest absolute Gasteiger partial charge is 0.0575 e. The van der Waals surface area contributed by atoms with Crippen LogP contribution in [0.25, 0.3) is 0 Å². The van der Waals surface area contributed by atoms with Crippen molar-refractivity contribution in [3.8, 4) is 0 Å². The van der Waals surface area contributed by atoms with Crippen LogP contribution < -0.4 is 0 Å². The van der Waals surface area contributed by atoms with Gasteiger partial charge in [-0.15, -0.1) is 6.58 Å². The third-order valence-corrected chi connectivity index (χ3v) is 3.00. The first-order valence-corrected chi connectivity index (χ1v) is 5.44. The highest BCUT2D eigenvalue weighted by Crippen LogP contribution is 2.38. The molecule has 0 aromatic heterocycles. The van der Waals surface area contributed by atoms with Crippen LogP contribution in [0.3, 0.4) is 0 Å². The van der Waals surface area contributed by atoms with Crippen LogP contribution >= 0.6 is 0 Å². The van der Waals surface area contributed by atoms with Gasteiger partial charge in [0.25, 0.3) is 0 Å². The molecule has 2 nitrogen and oxygen atoms in total. The summed E-state index contributed by atoms with van der Waals surface area (Å²) in [5.74, 6) is 0.556. The first-order chi connectivity index (χ1) is 7.15. The van der Waals surface area contributed by atoms with E-state index < -0.39 is 0 Å². The van der Waals surface area contributed by atoms with Crippen molar-refractivity contribution in [1.29, 1.82) is 0 Å². The minimum atomic E-state index is 0.0463. The number of hydrogen-bond donors (Lipinski definition) is 0. The summed E-state index contributed by atoms with van der Waals surface area (Å²) in [7, 11) is 3.50. The van der Waals surface area contributed by atoms with Gasteiger partial charge in [0.2, 0.25) is 0 Å². The van der Waals surface area contributed by atoms with Crippen LogP contribution in [0, 0.1) is 11.3 Å². The summed E-state index contributed by atoms with van der Waals surface area (Å²) in [5.41, 5.74) is 1.46. The minimum absolute atomic E-state index is 0.0463. The molecule has 0 aromatic rings. The molecule has 0 bridgehead atoms. The van der Waals surface area contributed by atoms with Gasteiger partial charge in [-0.05, 0) is 25.7 Å². The molecule has 1 aliphatic carbocycles. The van der Waals surface area contributed by atoms with Crippen molar-refractivity contribution in [3.05, 3.63) is 24.3 Å². The normalized spacial score (nSPS) is 24.7. The van der Waals surface area contributed by atoms with Crippen LogP contribution in [0.2, 0.25) is 0 Å². The highest BCUT2D eigenvalue weighted by atomic mass is 16.5. The zero-order valence-electron chi connectivity index (χ0n) is 10.1. The Morgan fingerprint density at radius 2 is 2.07 bits per heavy atom. The fourth-order valence-corrected chi connectivity index (χ4v) is 2.63. The second-order valence-corrected chi connectivity index (χ2v) is 4.62. The molecule has 0 saturated heterocycles. The molecule has 0 heterocycles. The maximum Gasteiger partial charge on any atom is 0.0575 e. The third-order valence-electron chi connectivity index (χ3n) is 3.00. The van der Waals surface area contributed by atoms with Crippen LogP contribution in [0.4, 0.5) is 0 Å². The van der Waals surface area contributed by atoms with E-state index in [0.29, 0.717) is 5.92 Å². The van der Waals surface area contributed by atoms with E-state index >= 15 is 0 Å². The Labute approximate surface area is 93.0 Å². The number of allylic oxidation sites excluding steroid dienone is 2. The average Bonchev–Trinajstić information content (AvgIpc) is 2.17. The molecule has 1 aliphatic rings. The summed E-state index contributed by atoms with van der Waals surface area (Å²) < 4.78 is 10.6. The Morgan fingerprint density at radius 1 is 1.47 bits per heavy atom. The van der Waals surface area contributed by atoms with Crippen LogP contribution in [-0.4, -0.2) is 27.4 Å². The summed E-state index contributed by atoms with van der Waals surface area (Å²) in [4.78, 5) is 0. The summed E-state index contributed by atoms with van der Waals surface area (Å²) in [6.45, 7) is 7.52. The van der Waals surface area contributed by atoms with E-state index in [2.05, 4.69) is 25.7 Å². The molecular formula is C13H22O2. The monoisotopic (exact) mass is 210 g/mol. The van der Waals surface area contributed by atoms with E-state index in [1.54, 1.807) is 14.2 Å². The lowest BCUT2D eigenvalue weighted by atomic mass is 9.72. The number of rotatable bonds is 5. The van der Waals surface area contributed by atoms with Gasteiger partial charge in [0.05, 0.1) is 13.2 Å². The van der Waals surface area contributed by atoms with Crippen LogP contribution in [-0.2, 0) is 9.47 Å². The Kier molecular flexibility index (Phi) is 4.55. The Balaban J connectivity index is 2.84. The van der Waals surface area contributed by atoms with Gasteiger partial charge in [0.1, 0.15) is 0 Å². The van der Waals surface area contributed by atoms with E-state index in [1.165, 1.54) is 5.57 Å². The van der Waals surface area contributed by atoms with Gasteiger partial charge in [-0.2, -0.15) is 0 Å². The van der Waals surface area contributed by atoms with Crippen molar-refractivity contribution in [2.24, 2.45) is 11.3 Å². The summed E-state index contributed by atoms with van der Waals surface area (Å²) in [5, 5.41) is 0. The van der Waals surface area contributed by atoms with Crippen molar-refractivity contribution in [1.82, 2.24) is 0 Å². The van der Waals surface area contributed by atoms with Gasteiger partial charge in [-0.25, -0.2) is 0 Å². The maximum absolute atomic E-state index is 5.32. The molecule has 1 rings (SSSR count). The lowest BCUT2D eigenvalue weighted by Crippen LogP contribution is -2.34. The van der Waals surface area contributed by atoms with E-state index in [4.69, 9.17) is 9.47 Å². The van der Waals surface area contributed by atoms with Gasteiger partial charge in [0, 0.05) is 19.6 Å². The van der Waals surface area contributed by atoms with Gasteiger partial charge in [-0.3, -0.25) is 0 Å². The minimum Gasteiger partial charge on any atom is -0.384 e. The second kappa shape index (κ2) is 5.47. The Morgan fingerprint density at radius 3 is 2.53 bits per heavy atom. The quantitative estimate of drug-likeness (QED) is 0.650. The standard InChI is InChI=1S/C13H22O2/c1-5-12-6-11(2)7-13(8-12,9-14-3)10-15-4/h5,7,12H,1,6,8-10H2,2-4H3. The molecule has 0 spiro atoms. The predicted octanol–water partition coefficient (Wildman–Crippen LogP) is 2.81. The molecule has 0 aliphatic heterocycles. The molecule has 0 fully saturated rings. The van der Waals surface area contributed by atoms with Gasteiger partial charge in [0.15, 0.2) is 0 Å². The van der Waals surface area contributed by atoms with Crippen molar-refractivity contribution >= 4 is 0 Å². The fraction of sp³-hybridized carbons (Fsp3) is 0.692. The second-order valence-electron chi connectivity index (χ2n) is 4.62. The van der Waals surface area contributed by atoms with Crippen molar-refractivity contribution in [3.63, 3.8) is 0 Å². The van der Waals surface area contributed by atoms with Crippen molar-refractivity contribution in [2.45, 2.75) is 19.8 Å². The zero-order valence-corrected chi connectivity index (χ0v) is 10.1. The molecule has 0 radical (unpaired) electrons. The Hall–Kier alpha value is -0.600. The Bertz CT molecular complexity index is 237. The molecule has 0 saturated carbocycles. The number of ether oxygens (including phenoxy) is 2. The molecule has 15 heavy (non-hydrogen) atoms. The third kappa shape index (κ3) is 3.18. The lowest BCUT2D eigenvalue weighted by molar-refractivity contribution is 0.0247. The van der Waals surface area contributed by atoms with Crippen molar-refractivity contribution in [2.75, 3.05) is 27.4 Å². The van der Waals surface area contributed by atoms with E-state index in [1.807, 2.05) is 0 Å². The average molecular weight is 210 g/mol. The van der Waals surface area contributed by atoms with Crippen LogP contribution in [0.1, 0.15) is 19.8 Å². The molecule has 1 atom stereocenters. The van der Waals surface area contributed by atoms with Crippen LogP contribution in [0.5, 0.6) is 0 Å². The van der Waals surface area contributed by atoms with Gasteiger partial charge in [-0.1, -0.05) is 17.7 Å². The molecule has 0 aromatic carbocycles. The molecule has 86 valence electrons. The van der Waals surface area contributed by atoms with E-state index in [9.17, 15) is 0 Å². The molecule has 2 heteroatoms. The summed E-state index contributed by atoms with van der Waals surface area (Å²) in [6.07, 6.45) is 6.57. The van der Waals surface area contributed by atoms with Gasteiger partial charge < -0.3 is 9.47 Å². The molecule has 1 unspecified atom stereocenters. The zero-order chi connectivity index (χ0) is 11.3. The van der Waals surface area contributed by atoms with Gasteiger partial charge >= 0.3 is 0 Å².